The Morgan fingerprint density at radius 1 is 1.67 bits per heavy atom. The number of fused-ring (bicyclic) bond motifs is 1. The van der Waals surface area contributed by atoms with Gasteiger partial charge in [-0.2, -0.15) is 0 Å². The molecule has 0 amide bonds. The largest absolute Gasteiger partial charge is 0.506 e. The van der Waals surface area contributed by atoms with Gasteiger partial charge in [0.2, 0.25) is 0 Å². The molecule has 0 fully saturated rings. The monoisotopic (exact) mass is 228 g/mol. The molecule has 0 atom stereocenters. The number of thiazole rings is 1. The summed E-state index contributed by atoms with van der Waals surface area (Å²) in [6.07, 6.45) is 0. The fraction of sp³-hybridized carbons (Fsp3) is 0.333. The van der Waals surface area contributed by atoms with Gasteiger partial charge < -0.3 is 5.11 Å². The molecular formula is C9H9FN2O2S. The smallest absolute Gasteiger partial charge is 0.256 e. The summed E-state index contributed by atoms with van der Waals surface area (Å²) >= 11 is 1.28. The molecule has 0 spiro atoms. The average Bonchev–Trinajstić information content (AvgIpc) is 2.55. The van der Waals surface area contributed by atoms with Crippen LogP contribution in [-0.4, -0.2) is 21.3 Å². The maximum absolute atomic E-state index is 12.2. The van der Waals surface area contributed by atoms with Crippen LogP contribution < -0.4 is 5.56 Å². The van der Waals surface area contributed by atoms with Gasteiger partial charge in [-0.3, -0.25) is 9.36 Å². The topological polar surface area (TPSA) is 55.1 Å². The van der Waals surface area contributed by atoms with Gasteiger partial charge in [0.15, 0.2) is 5.65 Å². The highest BCUT2D eigenvalue weighted by molar-refractivity contribution is 7.18. The summed E-state index contributed by atoms with van der Waals surface area (Å²) < 4.78 is 14.0. The van der Waals surface area contributed by atoms with Crippen LogP contribution in [0.3, 0.4) is 0 Å². The van der Waals surface area contributed by atoms with Gasteiger partial charge in [0.25, 0.3) is 5.56 Å². The van der Waals surface area contributed by atoms with Crippen LogP contribution in [0.5, 0.6) is 5.75 Å². The number of nitrogens with zero attached hydrogens (tertiary/aromatic N) is 2. The molecule has 2 heterocycles. The molecule has 0 bridgehead atoms. The summed E-state index contributed by atoms with van der Waals surface area (Å²) in [5.41, 5.74) is -0.0666. The fourth-order valence-electron chi connectivity index (χ4n) is 1.43. The van der Waals surface area contributed by atoms with Crippen molar-refractivity contribution in [1.29, 1.82) is 0 Å². The predicted octanol–water partition coefficient (Wildman–Crippen LogP) is 1.44. The highest BCUT2D eigenvalue weighted by atomic mass is 32.1. The van der Waals surface area contributed by atoms with Crippen molar-refractivity contribution >= 4 is 21.7 Å². The van der Waals surface area contributed by atoms with Crippen LogP contribution in [0.25, 0.3) is 10.3 Å². The normalized spacial score (nSPS) is 11.1. The molecule has 0 aliphatic heterocycles. The van der Waals surface area contributed by atoms with Crippen molar-refractivity contribution < 1.29 is 9.50 Å². The highest BCUT2D eigenvalue weighted by Gasteiger charge is 2.12. The van der Waals surface area contributed by atoms with Gasteiger partial charge in [-0.1, -0.05) is 0 Å². The van der Waals surface area contributed by atoms with E-state index in [1.165, 1.54) is 15.9 Å². The van der Waals surface area contributed by atoms with Crippen LogP contribution in [0.4, 0.5) is 4.39 Å². The minimum atomic E-state index is -0.629. The summed E-state index contributed by atoms with van der Waals surface area (Å²) in [5, 5.41) is 10.3. The minimum Gasteiger partial charge on any atom is -0.506 e. The summed E-state index contributed by atoms with van der Waals surface area (Å²) in [6, 6.07) is 1.09. The molecule has 0 radical (unpaired) electrons. The van der Waals surface area contributed by atoms with Crippen molar-refractivity contribution in [3.8, 4) is 5.75 Å². The summed E-state index contributed by atoms with van der Waals surface area (Å²) in [5.74, 6) is -0.0873. The van der Waals surface area contributed by atoms with Crippen molar-refractivity contribution in [1.82, 2.24) is 9.55 Å². The number of aromatic nitrogens is 2. The van der Waals surface area contributed by atoms with Crippen molar-refractivity contribution in [3.05, 3.63) is 21.4 Å². The molecule has 0 aliphatic rings. The number of alkyl halides is 1. The Balaban J connectivity index is 2.82. The summed E-state index contributed by atoms with van der Waals surface area (Å²) in [7, 11) is 0. The fourth-order valence-corrected chi connectivity index (χ4v) is 2.27. The Morgan fingerprint density at radius 3 is 3.07 bits per heavy atom. The van der Waals surface area contributed by atoms with E-state index in [0.717, 1.165) is 11.1 Å². The van der Waals surface area contributed by atoms with Crippen LogP contribution >= 0.6 is 11.3 Å². The van der Waals surface area contributed by atoms with Crippen LogP contribution in [0.1, 0.15) is 5.01 Å². The molecule has 15 heavy (non-hydrogen) atoms. The van der Waals surface area contributed by atoms with Gasteiger partial charge in [-0.05, 0) is 6.92 Å². The first-order valence-corrected chi connectivity index (χ1v) is 5.21. The molecular weight excluding hydrogens is 219 g/mol. The molecule has 1 N–H and O–H groups in total. The maximum atomic E-state index is 12.2. The number of pyridine rings is 1. The van der Waals surface area contributed by atoms with Gasteiger partial charge in [0.05, 0.1) is 11.6 Å². The molecule has 2 aromatic rings. The van der Waals surface area contributed by atoms with Gasteiger partial charge in [0, 0.05) is 6.07 Å². The SMILES string of the molecule is Cc1nc2c(s1)c(O)cc(=O)n2CCF. The van der Waals surface area contributed by atoms with E-state index in [1.807, 2.05) is 0 Å². The summed E-state index contributed by atoms with van der Waals surface area (Å²) in [6.45, 7) is 1.11. The van der Waals surface area contributed by atoms with E-state index in [0.29, 0.717) is 10.3 Å². The van der Waals surface area contributed by atoms with Crippen molar-refractivity contribution in [2.45, 2.75) is 13.5 Å². The zero-order chi connectivity index (χ0) is 11.0. The Labute approximate surface area is 88.6 Å². The summed E-state index contributed by atoms with van der Waals surface area (Å²) in [4.78, 5) is 15.6. The lowest BCUT2D eigenvalue weighted by atomic mass is 10.4. The molecule has 0 saturated heterocycles. The van der Waals surface area contributed by atoms with Crippen LogP contribution in [-0.2, 0) is 6.54 Å². The number of aromatic hydroxyl groups is 1. The minimum absolute atomic E-state index is 0.0290. The Bertz CT molecular complexity index is 561. The quantitative estimate of drug-likeness (QED) is 0.846. The second kappa shape index (κ2) is 3.62. The Hall–Kier alpha value is -1.43. The molecule has 0 aromatic carbocycles. The predicted molar refractivity (Wildman–Crippen MR) is 56.3 cm³/mol. The molecule has 0 aliphatic carbocycles. The van der Waals surface area contributed by atoms with E-state index in [1.54, 1.807) is 6.92 Å². The third-order valence-corrected chi connectivity index (χ3v) is 3.02. The molecule has 6 heteroatoms. The maximum Gasteiger partial charge on any atom is 0.256 e. The molecule has 0 saturated carbocycles. The van der Waals surface area contributed by atoms with Gasteiger partial charge in [-0.25, -0.2) is 9.37 Å². The van der Waals surface area contributed by atoms with Crippen LogP contribution in [0.2, 0.25) is 0 Å². The van der Waals surface area contributed by atoms with E-state index in [4.69, 9.17) is 0 Å². The number of hydrogen-bond acceptors (Lipinski definition) is 4. The lowest BCUT2D eigenvalue weighted by Crippen LogP contribution is -2.20. The average molecular weight is 228 g/mol. The highest BCUT2D eigenvalue weighted by Crippen LogP contribution is 2.28. The number of rotatable bonds is 2. The first-order chi connectivity index (χ1) is 7.13. The third kappa shape index (κ3) is 1.61. The molecule has 0 unspecified atom stereocenters. The molecule has 4 nitrogen and oxygen atoms in total. The van der Waals surface area contributed by atoms with E-state index in [9.17, 15) is 14.3 Å². The zero-order valence-corrected chi connectivity index (χ0v) is 8.84. The van der Waals surface area contributed by atoms with Crippen molar-refractivity contribution in [2.24, 2.45) is 0 Å². The Kier molecular flexibility index (Phi) is 2.44. The molecule has 2 aromatic heterocycles. The molecule has 2 rings (SSSR count). The lowest BCUT2D eigenvalue weighted by molar-refractivity contribution is 0.441. The number of halogens is 1. The second-order valence-corrected chi connectivity index (χ2v) is 4.30. The Morgan fingerprint density at radius 2 is 2.40 bits per heavy atom. The number of aryl methyl sites for hydroxylation is 2. The van der Waals surface area contributed by atoms with Crippen LogP contribution in [0, 0.1) is 6.92 Å². The molecule has 80 valence electrons. The van der Waals surface area contributed by atoms with Gasteiger partial charge >= 0.3 is 0 Å². The van der Waals surface area contributed by atoms with E-state index >= 15 is 0 Å². The van der Waals surface area contributed by atoms with Crippen molar-refractivity contribution in [2.75, 3.05) is 6.67 Å². The van der Waals surface area contributed by atoms with Crippen molar-refractivity contribution in [3.63, 3.8) is 0 Å². The lowest BCUT2D eigenvalue weighted by Gasteiger charge is -2.03. The zero-order valence-electron chi connectivity index (χ0n) is 8.03. The van der Waals surface area contributed by atoms with Gasteiger partial charge in [0.1, 0.15) is 17.1 Å². The third-order valence-electron chi connectivity index (χ3n) is 2.04. The van der Waals surface area contributed by atoms with E-state index < -0.39 is 12.2 Å². The first-order valence-electron chi connectivity index (χ1n) is 4.39. The second-order valence-electron chi connectivity index (χ2n) is 3.09. The van der Waals surface area contributed by atoms with E-state index in [2.05, 4.69) is 4.98 Å². The van der Waals surface area contributed by atoms with Gasteiger partial charge in [-0.15, -0.1) is 11.3 Å². The van der Waals surface area contributed by atoms with Crippen LogP contribution in [0.15, 0.2) is 10.9 Å². The standard InChI is InChI=1S/C9H9FN2O2S/c1-5-11-9-8(15-5)6(13)4-7(14)12(9)3-2-10/h4,13H,2-3H2,1H3. The van der Waals surface area contributed by atoms with E-state index in [-0.39, 0.29) is 12.3 Å². The number of hydrogen-bond donors (Lipinski definition) is 1. The first kappa shape index (κ1) is 10.1.